The first-order valence-electron chi connectivity index (χ1n) is 12.2. The molecule has 0 atom stereocenters. The molecule has 0 saturated heterocycles. The van der Waals surface area contributed by atoms with Gasteiger partial charge in [0, 0.05) is 32.8 Å². The summed E-state index contributed by atoms with van der Waals surface area (Å²) in [6, 6.07) is 30.4. The minimum Gasteiger partial charge on any atom is -0.489 e. The van der Waals surface area contributed by atoms with Crippen molar-refractivity contribution in [1.29, 1.82) is 0 Å². The molecule has 0 radical (unpaired) electrons. The zero-order valence-electron chi connectivity index (χ0n) is 21.1. The second-order valence-corrected chi connectivity index (χ2v) is 10.0. The van der Waals surface area contributed by atoms with Gasteiger partial charge in [-0.2, -0.15) is 5.10 Å². The summed E-state index contributed by atoms with van der Waals surface area (Å²) >= 11 is 7.70. The second kappa shape index (κ2) is 12.4. The van der Waals surface area contributed by atoms with Crippen LogP contribution in [0.3, 0.4) is 0 Å². The van der Waals surface area contributed by atoms with E-state index in [0.717, 1.165) is 33.2 Å². The van der Waals surface area contributed by atoms with Crippen molar-refractivity contribution in [1.82, 2.24) is 10.4 Å². The zero-order valence-corrected chi connectivity index (χ0v) is 22.7. The van der Waals surface area contributed by atoms with E-state index in [1.54, 1.807) is 18.3 Å². The number of carbonyl (C=O) groups is 1. The normalized spacial score (nSPS) is 10.9. The van der Waals surface area contributed by atoms with Crippen LogP contribution in [0, 0.1) is 6.92 Å². The maximum atomic E-state index is 12.5. The van der Waals surface area contributed by atoms with Crippen LogP contribution in [-0.2, 0) is 6.61 Å². The molecule has 39 heavy (non-hydrogen) atoms. The lowest BCUT2D eigenvalue weighted by atomic mass is 10.1. The number of ether oxygens (including phenoxy) is 1. The van der Waals surface area contributed by atoms with Gasteiger partial charge in [0.2, 0.25) is 0 Å². The van der Waals surface area contributed by atoms with Gasteiger partial charge in [-0.3, -0.25) is 4.79 Å². The van der Waals surface area contributed by atoms with E-state index in [0.29, 0.717) is 22.9 Å². The van der Waals surface area contributed by atoms with E-state index < -0.39 is 0 Å². The number of nitrogens with one attached hydrogen (secondary N) is 2. The van der Waals surface area contributed by atoms with Crippen molar-refractivity contribution in [2.45, 2.75) is 13.5 Å². The number of hydrogen-bond acceptors (Lipinski definition) is 6. The Balaban J connectivity index is 1.12. The fraction of sp³-hybridized carbons (Fsp3) is 0.0645. The molecule has 0 aliphatic rings. The second-order valence-electron chi connectivity index (χ2n) is 8.75. The van der Waals surface area contributed by atoms with Gasteiger partial charge in [-0.15, -0.1) is 11.3 Å². The minimum absolute atomic E-state index is 0.294. The molecule has 0 fully saturated rings. The summed E-state index contributed by atoms with van der Waals surface area (Å²) in [5, 5.41) is 10.9. The highest BCUT2D eigenvalue weighted by atomic mass is 35.5. The number of benzene rings is 4. The number of aryl methyl sites for hydroxylation is 1. The van der Waals surface area contributed by atoms with Gasteiger partial charge >= 0.3 is 0 Å². The summed E-state index contributed by atoms with van der Waals surface area (Å²) < 4.78 is 5.80. The first-order valence-corrected chi connectivity index (χ1v) is 13.5. The Labute approximate surface area is 236 Å². The number of rotatable bonds is 9. The van der Waals surface area contributed by atoms with Crippen LogP contribution in [-0.4, -0.2) is 17.1 Å². The fourth-order valence-corrected chi connectivity index (χ4v) is 4.60. The van der Waals surface area contributed by atoms with Crippen molar-refractivity contribution in [3.8, 4) is 17.0 Å². The predicted octanol–water partition coefficient (Wildman–Crippen LogP) is 7.86. The first-order chi connectivity index (χ1) is 19.0. The summed E-state index contributed by atoms with van der Waals surface area (Å²) in [5.41, 5.74) is 8.81. The lowest BCUT2D eigenvalue weighted by Crippen LogP contribution is -2.17. The molecule has 0 bridgehead atoms. The van der Waals surface area contributed by atoms with Gasteiger partial charge in [0.15, 0.2) is 5.13 Å². The Morgan fingerprint density at radius 2 is 1.72 bits per heavy atom. The minimum atomic E-state index is -0.294. The highest BCUT2D eigenvalue weighted by Gasteiger charge is 2.08. The van der Waals surface area contributed by atoms with Crippen LogP contribution in [0.5, 0.6) is 5.75 Å². The Bertz CT molecular complexity index is 1580. The van der Waals surface area contributed by atoms with Crippen molar-refractivity contribution in [2.24, 2.45) is 5.10 Å². The van der Waals surface area contributed by atoms with E-state index in [-0.39, 0.29) is 5.91 Å². The third kappa shape index (κ3) is 7.10. The van der Waals surface area contributed by atoms with Crippen LogP contribution < -0.4 is 15.5 Å². The summed E-state index contributed by atoms with van der Waals surface area (Å²) in [6.45, 7) is 2.44. The molecule has 1 heterocycles. The molecule has 8 heteroatoms. The van der Waals surface area contributed by atoms with Gasteiger partial charge in [0.25, 0.3) is 5.91 Å². The van der Waals surface area contributed by atoms with Gasteiger partial charge in [-0.25, -0.2) is 10.4 Å². The van der Waals surface area contributed by atoms with Crippen LogP contribution in [0.25, 0.3) is 11.3 Å². The van der Waals surface area contributed by atoms with Crippen molar-refractivity contribution >= 4 is 45.9 Å². The lowest BCUT2D eigenvalue weighted by Gasteiger charge is -2.07. The molecule has 0 aliphatic heterocycles. The third-order valence-corrected chi connectivity index (χ3v) is 6.99. The molecule has 5 aromatic rings. The number of carbonyl (C=O) groups excluding carboxylic acids is 1. The van der Waals surface area contributed by atoms with E-state index >= 15 is 0 Å². The zero-order chi connectivity index (χ0) is 27.0. The number of thiazole rings is 1. The van der Waals surface area contributed by atoms with Crippen LogP contribution in [0.4, 0.5) is 10.8 Å². The van der Waals surface area contributed by atoms with E-state index in [1.807, 2.05) is 78.2 Å². The summed E-state index contributed by atoms with van der Waals surface area (Å²) in [4.78, 5) is 17.2. The highest BCUT2D eigenvalue weighted by molar-refractivity contribution is 7.14. The predicted molar refractivity (Wildman–Crippen MR) is 159 cm³/mol. The number of amides is 1. The average Bonchev–Trinajstić information content (AvgIpc) is 3.43. The standard InChI is InChI=1S/C31H25ClN4O2S/c1-21-6-14-26(15-7-21)34-31-35-29(20-39-31)23-10-12-24(13-11-23)30(37)36-33-18-22-8-16-27(17-9-22)38-19-25-4-2-3-5-28(25)32/h2-18,20H,19H2,1H3,(H,34,35)(H,36,37)/b33-18-. The molecule has 2 N–H and O–H groups in total. The Morgan fingerprint density at radius 3 is 2.46 bits per heavy atom. The first kappa shape index (κ1) is 26.2. The Kier molecular flexibility index (Phi) is 8.31. The quantitative estimate of drug-likeness (QED) is 0.144. The molecular formula is C31H25ClN4O2S. The van der Waals surface area contributed by atoms with Gasteiger partial charge in [0.1, 0.15) is 12.4 Å². The number of aromatic nitrogens is 1. The molecule has 0 aliphatic carbocycles. The van der Waals surface area contributed by atoms with Crippen LogP contribution in [0.2, 0.25) is 5.02 Å². The molecule has 4 aromatic carbocycles. The van der Waals surface area contributed by atoms with Crippen molar-refractivity contribution in [3.63, 3.8) is 0 Å². The van der Waals surface area contributed by atoms with Crippen LogP contribution in [0.15, 0.2) is 108 Å². The smallest absolute Gasteiger partial charge is 0.271 e. The van der Waals surface area contributed by atoms with Crippen LogP contribution >= 0.6 is 22.9 Å². The summed E-state index contributed by atoms with van der Waals surface area (Å²) in [6.07, 6.45) is 1.59. The molecule has 0 spiro atoms. The Hall–Kier alpha value is -4.46. The molecule has 194 valence electrons. The number of anilines is 2. The van der Waals surface area contributed by atoms with E-state index in [2.05, 4.69) is 39.9 Å². The van der Waals surface area contributed by atoms with Crippen molar-refractivity contribution < 1.29 is 9.53 Å². The topological polar surface area (TPSA) is 75.6 Å². The number of nitrogens with zero attached hydrogens (tertiary/aromatic N) is 2. The SMILES string of the molecule is Cc1ccc(Nc2nc(-c3ccc(C(=O)N/N=C\c4ccc(OCc5ccccc5Cl)cc4)cc3)cs2)cc1. The van der Waals surface area contributed by atoms with Gasteiger partial charge in [-0.05, 0) is 67.1 Å². The molecule has 1 aromatic heterocycles. The van der Waals surface area contributed by atoms with E-state index in [4.69, 9.17) is 16.3 Å². The third-order valence-electron chi connectivity index (χ3n) is 5.86. The Morgan fingerprint density at radius 1 is 0.974 bits per heavy atom. The lowest BCUT2D eigenvalue weighted by molar-refractivity contribution is 0.0955. The van der Waals surface area contributed by atoms with Crippen molar-refractivity contribution in [2.75, 3.05) is 5.32 Å². The average molecular weight is 553 g/mol. The maximum absolute atomic E-state index is 12.5. The van der Waals surface area contributed by atoms with E-state index in [9.17, 15) is 4.79 Å². The summed E-state index contributed by atoms with van der Waals surface area (Å²) in [5.74, 6) is 0.423. The largest absolute Gasteiger partial charge is 0.489 e. The van der Waals surface area contributed by atoms with Crippen molar-refractivity contribution in [3.05, 3.63) is 130 Å². The molecule has 6 nitrogen and oxygen atoms in total. The highest BCUT2D eigenvalue weighted by Crippen LogP contribution is 2.27. The molecule has 0 unspecified atom stereocenters. The van der Waals surface area contributed by atoms with Crippen LogP contribution in [0.1, 0.15) is 27.0 Å². The molecular weight excluding hydrogens is 528 g/mol. The molecule has 0 saturated carbocycles. The summed E-state index contributed by atoms with van der Waals surface area (Å²) in [7, 11) is 0. The number of hydrazone groups is 1. The van der Waals surface area contributed by atoms with Gasteiger partial charge in [0.05, 0.1) is 11.9 Å². The molecule has 5 rings (SSSR count). The molecule has 1 amide bonds. The van der Waals surface area contributed by atoms with Gasteiger partial charge in [-0.1, -0.05) is 59.6 Å². The monoisotopic (exact) mass is 552 g/mol. The fourth-order valence-electron chi connectivity index (χ4n) is 3.67. The maximum Gasteiger partial charge on any atom is 0.271 e. The van der Waals surface area contributed by atoms with Gasteiger partial charge < -0.3 is 10.1 Å². The van der Waals surface area contributed by atoms with E-state index in [1.165, 1.54) is 16.9 Å². The number of hydrogen-bond donors (Lipinski definition) is 2. The number of halogens is 1.